The van der Waals surface area contributed by atoms with E-state index in [4.69, 9.17) is 5.11 Å². The molecule has 0 fully saturated rings. The summed E-state index contributed by atoms with van der Waals surface area (Å²) in [5.74, 6) is 0.998. The zero-order valence-electron chi connectivity index (χ0n) is 10.5. The number of nitrogens with zero attached hydrogens (tertiary/aromatic N) is 4. The number of aromatic nitrogens is 3. The number of hydrogen-bond donors (Lipinski definition) is 1. The van der Waals surface area contributed by atoms with Crippen molar-refractivity contribution in [1.29, 1.82) is 0 Å². The van der Waals surface area contributed by atoms with Crippen LogP contribution in [0.2, 0.25) is 0 Å². The number of hydrogen-bond acceptors (Lipinski definition) is 4. The van der Waals surface area contributed by atoms with Gasteiger partial charge in [-0.1, -0.05) is 0 Å². The van der Waals surface area contributed by atoms with E-state index in [0.717, 1.165) is 18.9 Å². The van der Waals surface area contributed by atoms with E-state index in [-0.39, 0.29) is 6.61 Å². The molecule has 0 radical (unpaired) electrons. The van der Waals surface area contributed by atoms with Gasteiger partial charge in [-0.05, 0) is 17.7 Å². The molecule has 0 atom stereocenters. The molecule has 5 heteroatoms. The van der Waals surface area contributed by atoms with Crippen LogP contribution in [0.3, 0.4) is 0 Å². The van der Waals surface area contributed by atoms with Gasteiger partial charge in [-0.25, -0.2) is 4.98 Å². The molecule has 0 saturated heterocycles. The van der Waals surface area contributed by atoms with E-state index >= 15 is 0 Å². The highest BCUT2D eigenvalue weighted by atomic mass is 16.3. The molecule has 2 heterocycles. The van der Waals surface area contributed by atoms with E-state index in [1.807, 2.05) is 29.9 Å². The predicted molar refractivity (Wildman–Crippen MR) is 68.6 cm³/mol. The van der Waals surface area contributed by atoms with Crippen molar-refractivity contribution >= 4 is 0 Å². The highest BCUT2D eigenvalue weighted by Crippen LogP contribution is 2.07. The summed E-state index contributed by atoms with van der Waals surface area (Å²) in [6.07, 6.45) is 7.29. The van der Waals surface area contributed by atoms with Gasteiger partial charge in [0.2, 0.25) is 0 Å². The summed E-state index contributed by atoms with van der Waals surface area (Å²) >= 11 is 0. The Hall–Kier alpha value is -1.72. The lowest BCUT2D eigenvalue weighted by atomic mass is 10.2. The summed E-state index contributed by atoms with van der Waals surface area (Å²) in [4.78, 5) is 10.5. The Morgan fingerprint density at radius 3 is 2.61 bits per heavy atom. The SMILES string of the molecule is Cn1ccnc1CN(CCO)Cc1ccncc1. The molecule has 0 spiro atoms. The third kappa shape index (κ3) is 3.38. The van der Waals surface area contributed by atoms with Crippen molar-refractivity contribution in [1.82, 2.24) is 19.4 Å². The number of rotatable bonds is 6. The molecule has 96 valence electrons. The number of imidazole rings is 1. The molecular formula is C13H18N4O. The Morgan fingerprint density at radius 1 is 1.22 bits per heavy atom. The van der Waals surface area contributed by atoms with Gasteiger partial charge in [0, 0.05) is 44.9 Å². The van der Waals surface area contributed by atoms with Gasteiger partial charge in [-0.3, -0.25) is 9.88 Å². The molecule has 0 amide bonds. The quantitative estimate of drug-likeness (QED) is 0.819. The van der Waals surface area contributed by atoms with Gasteiger partial charge in [0.25, 0.3) is 0 Å². The fourth-order valence-electron chi connectivity index (χ4n) is 1.85. The molecule has 2 rings (SSSR count). The molecule has 1 N–H and O–H groups in total. The molecular weight excluding hydrogens is 228 g/mol. The summed E-state index contributed by atoms with van der Waals surface area (Å²) < 4.78 is 2.00. The zero-order chi connectivity index (χ0) is 12.8. The molecule has 18 heavy (non-hydrogen) atoms. The van der Waals surface area contributed by atoms with Crippen LogP contribution in [-0.4, -0.2) is 37.7 Å². The number of aliphatic hydroxyl groups is 1. The fourth-order valence-corrected chi connectivity index (χ4v) is 1.85. The Kier molecular flexibility index (Phi) is 4.44. The Bertz CT molecular complexity index is 469. The monoisotopic (exact) mass is 246 g/mol. The molecule has 0 unspecified atom stereocenters. The summed E-state index contributed by atoms with van der Waals surface area (Å²) in [5, 5.41) is 9.13. The van der Waals surface area contributed by atoms with Crippen molar-refractivity contribution in [2.45, 2.75) is 13.1 Å². The summed E-state index contributed by atoms with van der Waals surface area (Å²) in [6.45, 7) is 2.30. The van der Waals surface area contributed by atoms with Gasteiger partial charge in [-0.15, -0.1) is 0 Å². The van der Waals surface area contributed by atoms with Crippen molar-refractivity contribution in [2.24, 2.45) is 7.05 Å². The molecule has 0 saturated carbocycles. The van der Waals surface area contributed by atoms with Crippen molar-refractivity contribution < 1.29 is 5.11 Å². The average molecular weight is 246 g/mol. The molecule has 2 aromatic rings. The normalized spacial score (nSPS) is 11.1. The third-order valence-electron chi connectivity index (χ3n) is 2.86. The lowest BCUT2D eigenvalue weighted by Crippen LogP contribution is -2.27. The molecule has 0 aromatic carbocycles. The predicted octanol–water partition coefficient (Wildman–Crippen LogP) is 0.810. The van der Waals surface area contributed by atoms with E-state index in [0.29, 0.717) is 6.54 Å². The van der Waals surface area contributed by atoms with E-state index < -0.39 is 0 Å². The Balaban J connectivity index is 2.02. The van der Waals surface area contributed by atoms with Crippen molar-refractivity contribution in [3.05, 3.63) is 48.3 Å². The Morgan fingerprint density at radius 2 is 2.00 bits per heavy atom. The lowest BCUT2D eigenvalue weighted by Gasteiger charge is -2.20. The van der Waals surface area contributed by atoms with Gasteiger partial charge in [0.15, 0.2) is 0 Å². The van der Waals surface area contributed by atoms with E-state index in [1.54, 1.807) is 18.6 Å². The molecule has 0 aliphatic heterocycles. The van der Waals surface area contributed by atoms with Crippen molar-refractivity contribution in [3.63, 3.8) is 0 Å². The maximum atomic E-state index is 9.13. The van der Waals surface area contributed by atoms with Crippen molar-refractivity contribution in [3.8, 4) is 0 Å². The molecule has 2 aromatic heterocycles. The Labute approximate surface area is 107 Å². The van der Waals surface area contributed by atoms with Crippen LogP contribution >= 0.6 is 0 Å². The average Bonchev–Trinajstić information content (AvgIpc) is 2.77. The summed E-state index contributed by atoms with van der Waals surface area (Å²) in [5.41, 5.74) is 1.19. The van der Waals surface area contributed by atoms with Gasteiger partial charge >= 0.3 is 0 Å². The van der Waals surface area contributed by atoms with Crippen LogP contribution in [0.5, 0.6) is 0 Å². The fraction of sp³-hybridized carbons (Fsp3) is 0.385. The highest BCUT2D eigenvalue weighted by Gasteiger charge is 2.09. The zero-order valence-corrected chi connectivity index (χ0v) is 10.5. The minimum Gasteiger partial charge on any atom is -0.395 e. The molecule has 0 aliphatic rings. The van der Waals surface area contributed by atoms with E-state index in [1.165, 1.54) is 5.56 Å². The third-order valence-corrected chi connectivity index (χ3v) is 2.86. The second-order valence-electron chi connectivity index (χ2n) is 4.24. The molecule has 0 bridgehead atoms. The molecule has 0 aliphatic carbocycles. The number of aryl methyl sites for hydroxylation is 1. The van der Waals surface area contributed by atoms with Crippen LogP contribution in [0.4, 0.5) is 0 Å². The first-order valence-corrected chi connectivity index (χ1v) is 5.98. The topological polar surface area (TPSA) is 54.2 Å². The first-order chi connectivity index (χ1) is 8.79. The van der Waals surface area contributed by atoms with Gasteiger partial charge in [-0.2, -0.15) is 0 Å². The number of pyridine rings is 1. The molecule has 5 nitrogen and oxygen atoms in total. The van der Waals surface area contributed by atoms with Crippen LogP contribution in [0.25, 0.3) is 0 Å². The number of aliphatic hydroxyl groups excluding tert-OH is 1. The maximum Gasteiger partial charge on any atom is 0.122 e. The minimum atomic E-state index is 0.148. The second-order valence-corrected chi connectivity index (χ2v) is 4.24. The van der Waals surface area contributed by atoms with E-state index in [2.05, 4.69) is 14.9 Å². The van der Waals surface area contributed by atoms with Crippen LogP contribution in [-0.2, 0) is 20.1 Å². The minimum absolute atomic E-state index is 0.148. The van der Waals surface area contributed by atoms with Crippen LogP contribution in [0, 0.1) is 0 Å². The van der Waals surface area contributed by atoms with Crippen LogP contribution in [0.1, 0.15) is 11.4 Å². The van der Waals surface area contributed by atoms with Gasteiger partial charge in [0.05, 0.1) is 13.2 Å². The summed E-state index contributed by atoms with van der Waals surface area (Å²) in [7, 11) is 1.98. The standard InChI is InChI=1S/C13H18N4O/c1-16-7-6-15-13(16)11-17(8-9-18)10-12-2-4-14-5-3-12/h2-7,18H,8-11H2,1H3. The first-order valence-electron chi connectivity index (χ1n) is 5.98. The van der Waals surface area contributed by atoms with Crippen LogP contribution in [0.15, 0.2) is 36.9 Å². The van der Waals surface area contributed by atoms with Gasteiger partial charge in [0.1, 0.15) is 5.82 Å². The highest BCUT2D eigenvalue weighted by molar-refractivity contribution is 5.09. The smallest absolute Gasteiger partial charge is 0.122 e. The lowest BCUT2D eigenvalue weighted by molar-refractivity contribution is 0.180. The summed E-state index contributed by atoms with van der Waals surface area (Å²) in [6, 6.07) is 3.98. The first kappa shape index (κ1) is 12.7. The maximum absolute atomic E-state index is 9.13. The van der Waals surface area contributed by atoms with Gasteiger partial charge < -0.3 is 9.67 Å². The van der Waals surface area contributed by atoms with Crippen molar-refractivity contribution in [2.75, 3.05) is 13.2 Å². The largest absolute Gasteiger partial charge is 0.395 e. The van der Waals surface area contributed by atoms with E-state index in [9.17, 15) is 0 Å². The van der Waals surface area contributed by atoms with Crippen LogP contribution < -0.4 is 0 Å². The second kappa shape index (κ2) is 6.28.